The third-order valence-electron chi connectivity index (χ3n) is 5.48. The number of nitrogens with one attached hydrogen (secondary N) is 1. The van der Waals surface area contributed by atoms with Crippen molar-refractivity contribution in [2.24, 2.45) is 4.99 Å². The molecule has 7 nitrogen and oxygen atoms in total. The second kappa shape index (κ2) is 9.83. The summed E-state index contributed by atoms with van der Waals surface area (Å²) in [5, 5.41) is 8.16. The first-order valence-corrected chi connectivity index (χ1v) is 10.7. The standard InChI is InChI=1S/C23H26ClN5O2/c1-25-23(29-14-12-18(15-29)16-5-9-20(30-2)10-6-16)26-13-11-21-27-22(28-31-21)17-3-7-19(24)8-4-17/h3-10,18H,11-15H2,1-2H3,(H,25,26). The van der Waals surface area contributed by atoms with Gasteiger partial charge in [-0.2, -0.15) is 4.98 Å². The number of aliphatic imine (C=N–C) groups is 1. The summed E-state index contributed by atoms with van der Waals surface area (Å²) in [5.41, 5.74) is 2.21. The molecule has 1 aliphatic rings. The second-order valence-corrected chi connectivity index (χ2v) is 7.88. The molecule has 8 heteroatoms. The Balaban J connectivity index is 1.28. The van der Waals surface area contributed by atoms with E-state index in [0.29, 0.717) is 35.6 Å². The molecule has 3 aromatic rings. The quantitative estimate of drug-likeness (QED) is 0.462. The average Bonchev–Trinajstić information content (AvgIpc) is 3.48. The van der Waals surface area contributed by atoms with E-state index < -0.39 is 0 Å². The van der Waals surface area contributed by atoms with Crippen molar-refractivity contribution in [2.75, 3.05) is 33.8 Å². The van der Waals surface area contributed by atoms with Gasteiger partial charge in [0, 0.05) is 49.6 Å². The summed E-state index contributed by atoms with van der Waals surface area (Å²) in [6, 6.07) is 15.7. The van der Waals surface area contributed by atoms with Gasteiger partial charge in [-0.3, -0.25) is 4.99 Å². The van der Waals surface area contributed by atoms with E-state index in [9.17, 15) is 0 Å². The maximum Gasteiger partial charge on any atom is 0.228 e. The fourth-order valence-electron chi connectivity index (χ4n) is 3.79. The Hall–Kier alpha value is -3.06. The fourth-order valence-corrected chi connectivity index (χ4v) is 3.91. The van der Waals surface area contributed by atoms with Crippen LogP contribution in [0.4, 0.5) is 0 Å². The lowest BCUT2D eigenvalue weighted by molar-refractivity contribution is 0.377. The molecule has 31 heavy (non-hydrogen) atoms. The van der Waals surface area contributed by atoms with Gasteiger partial charge in [0.05, 0.1) is 7.11 Å². The Morgan fingerprint density at radius 1 is 1.23 bits per heavy atom. The smallest absolute Gasteiger partial charge is 0.228 e. The van der Waals surface area contributed by atoms with E-state index >= 15 is 0 Å². The Morgan fingerprint density at radius 3 is 2.71 bits per heavy atom. The van der Waals surface area contributed by atoms with Crippen LogP contribution in [-0.2, 0) is 6.42 Å². The molecule has 0 aliphatic carbocycles. The molecule has 0 radical (unpaired) electrons. The van der Waals surface area contributed by atoms with Crippen LogP contribution >= 0.6 is 11.6 Å². The van der Waals surface area contributed by atoms with Gasteiger partial charge in [0.1, 0.15) is 5.75 Å². The van der Waals surface area contributed by atoms with Crippen LogP contribution in [0.5, 0.6) is 5.75 Å². The van der Waals surface area contributed by atoms with E-state index in [0.717, 1.165) is 36.8 Å². The number of halogens is 1. The van der Waals surface area contributed by atoms with Crippen molar-refractivity contribution in [1.82, 2.24) is 20.4 Å². The number of hydrogen-bond donors (Lipinski definition) is 1. The van der Waals surface area contributed by atoms with Crippen molar-refractivity contribution in [1.29, 1.82) is 0 Å². The van der Waals surface area contributed by atoms with E-state index in [1.807, 2.05) is 43.4 Å². The number of benzene rings is 2. The van der Waals surface area contributed by atoms with Crippen molar-refractivity contribution in [2.45, 2.75) is 18.8 Å². The zero-order chi connectivity index (χ0) is 21.6. The van der Waals surface area contributed by atoms with Gasteiger partial charge < -0.3 is 19.5 Å². The molecule has 1 aromatic heterocycles. The Kier molecular flexibility index (Phi) is 6.72. The average molecular weight is 440 g/mol. The van der Waals surface area contributed by atoms with Gasteiger partial charge in [-0.15, -0.1) is 0 Å². The minimum absolute atomic E-state index is 0.488. The third kappa shape index (κ3) is 5.17. The molecule has 2 aromatic carbocycles. The van der Waals surface area contributed by atoms with E-state index in [1.54, 1.807) is 7.11 Å². The summed E-state index contributed by atoms with van der Waals surface area (Å²) in [6.07, 6.45) is 1.72. The third-order valence-corrected chi connectivity index (χ3v) is 5.73. The number of methoxy groups -OCH3 is 1. The van der Waals surface area contributed by atoms with Crippen molar-refractivity contribution in [3.63, 3.8) is 0 Å². The number of hydrogen-bond acceptors (Lipinski definition) is 5. The molecule has 1 saturated heterocycles. The highest BCUT2D eigenvalue weighted by Gasteiger charge is 2.26. The zero-order valence-corrected chi connectivity index (χ0v) is 18.5. The predicted octanol–water partition coefficient (Wildman–Crippen LogP) is 4.01. The molecule has 0 spiro atoms. The summed E-state index contributed by atoms with van der Waals surface area (Å²) >= 11 is 5.93. The molecule has 2 heterocycles. The fraction of sp³-hybridized carbons (Fsp3) is 0.348. The SMILES string of the molecule is CN=C(NCCc1nc(-c2ccc(Cl)cc2)no1)N1CCC(c2ccc(OC)cc2)C1. The van der Waals surface area contributed by atoms with Gasteiger partial charge in [-0.1, -0.05) is 28.9 Å². The molecule has 0 amide bonds. The molecular weight excluding hydrogens is 414 g/mol. The largest absolute Gasteiger partial charge is 0.497 e. The molecule has 1 atom stereocenters. The highest BCUT2D eigenvalue weighted by Crippen LogP contribution is 2.28. The van der Waals surface area contributed by atoms with Crippen LogP contribution in [0.25, 0.3) is 11.4 Å². The molecule has 0 saturated carbocycles. The number of nitrogens with zero attached hydrogens (tertiary/aromatic N) is 4. The molecule has 1 N–H and O–H groups in total. The van der Waals surface area contributed by atoms with Gasteiger partial charge in [-0.25, -0.2) is 0 Å². The van der Waals surface area contributed by atoms with Gasteiger partial charge in [-0.05, 0) is 48.4 Å². The maximum absolute atomic E-state index is 5.93. The van der Waals surface area contributed by atoms with E-state index in [2.05, 4.69) is 37.5 Å². The molecule has 1 fully saturated rings. The van der Waals surface area contributed by atoms with Crippen molar-refractivity contribution < 1.29 is 9.26 Å². The monoisotopic (exact) mass is 439 g/mol. The van der Waals surface area contributed by atoms with E-state index in [1.165, 1.54) is 5.56 Å². The molecule has 1 unspecified atom stereocenters. The number of guanidine groups is 1. The lowest BCUT2D eigenvalue weighted by atomic mass is 9.98. The number of likely N-dealkylation sites (tertiary alicyclic amines) is 1. The van der Waals surface area contributed by atoms with Crippen molar-refractivity contribution >= 4 is 17.6 Å². The maximum atomic E-state index is 5.93. The number of aromatic nitrogens is 2. The van der Waals surface area contributed by atoms with Crippen LogP contribution < -0.4 is 10.1 Å². The van der Waals surface area contributed by atoms with E-state index in [-0.39, 0.29) is 0 Å². The molecule has 0 bridgehead atoms. The normalized spacial score (nSPS) is 16.5. The van der Waals surface area contributed by atoms with Crippen LogP contribution in [0, 0.1) is 0 Å². The topological polar surface area (TPSA) is 75.8 Å². The van der Waals surface area contributed by atoms with Crippen molar-refractivity contribution in [3.8, 4) is 17.1 Å². The molecule has 1 aliphatic heterocycles. The van der Waals surface area contributed by atoms with Crippen molar-refractivity contribution in [3.05, 3.63) is 65.0 Å². The predicted molar refractivity (Wildman–Crippen MR) is 122 cm³/mol. The van der Waals surface area contributed by atoms with E-state index in [4.69, 9.17) is 20.9 Å². The Labute approximate surface area is 187 Å². The first kappa shape index (κ1) is 21.2. The van der Waals surface area contributed by atoms with Crippen LogP contribution in [0.1, 0.15) is 23.8 Å². The molecular formula is C23H26ClN5O2. The minimum Gasteiger partial charge on any atom is -0.497 e. The number of ether oxygens (including phenoxy) is 1. The molecule has 4 rings (SSSR count). The van der Waals surface area contributed by atoms with Gasteiger partial charge in [0.15, 0.2) is 5.96 Å². The summed E-state index contributed by atoms with van der Waals surface area (Å²) < 4.78 is 10.6. The molecule has 162 valence electrons. The first-order chi connectivity index (χ1) is 15.2. The van der Waals surface area contributed by atoms with Gasteiger partial charge in [0.25, 0.3) is 0 Å². The Morgan fingerprint density at radius 2 is 2.00 bits per heavy atom. The minimum atomic E-state index is 0.488. The number of rotatable bonds is 6. The summed E-state index contributed by atoms with van der Waals surface area (Å²) in [6.45, 7) is 2.57. The summed E-state index contributed by atoms with van der Waals surface area (Å²) in [7, 11) is 3.50. The highest BCUT2D eigenvalue weighted by molar-refractivity contribution is 6.30. The van der Waals surface area contributed by atoms with Gasteiger partial charge in [0.2, 0.25) is 11.7 Å². The summed E-state index contributed by atoms with van der Waals surface area (Å²) in [5.74, 6) is 3.43. The Bertz CT molecular complexity index is 1020. The summed E-state index contributed by atoms with van der Waals surface area (Å²) in [4.78, 5) is 11.2. The lowest BCUT2D eigenvalue weighted by Gasteiger charge is -2.21. The van der Waals surface area contributed by atoms with Crippen LogP contribution in [0.15, 0.2) is 58.0 Å². The van der Waals surface area contributed by atoms with Crippen LogP contribution in [0.2, 0.25) is 5.02 Å². The zero-order valence-electron chi connectivity index (χ0n) is 17.7. The lowest BCUT2D eigenvalue weighted by Crippen LogP contribution is -2.40. The highest BCUT2D eigenvalue weighted by atomic mass is 35.5. The van der Waals surface area contributed by atoms with Crippen LogP contribution in [0.3, 0.4) is 0 Å². The van der Waals surface area contributed by atoms with Crippen LogP contribution in [-0.4, -0.2) is 54.8 Å². The van der Waals surface area contributed by atoms with Gasteiger partial charge >= 0.3 is 0 Å². The first-order valence-electron chi connectivity index (χ1n) is 10.3. The second-order valence-electron chi connectivity index (χ2n) is 7.45.